The standard InChI is InChI=1S/C14H15ClN4O3/c1-9-3-4-10(5-11(9)15)18-13(20)7-19(2)14(21,22)12-6-16-8-17-12/h3-6,8H,7H2,1-2H3,(H,16,17)(H,18,20)/q-2. The summed E-state index contributed by atoms with van der Waals surface area (Å²) in [5.41, 5.74) is 1.23. The third-order valence-electron chi connectivity index (χ3n) is 3.18. The highest BCUT2D eigenvalue weighted by Crippen LogP contribution is 2.20. The first-order chi connectivity index (χ1) is 10.3. The highest BCUT2D eigenvalue weighted by atomic mass is 35.5. The Morgan fingerprint density at radius 2 is 2.23 bits per heavy atom. The van der Waals surface area contributed by atoms with E-state index in [9.17, 15) is 15.0 Å². The summed E-state index contributed by atoms with van der Waals surface area (Å²) in [6, 6.07) is 5.05. The Morgan fingerprint density at radius 1 is 1.50 bits per heavy atom. The molecule has 8 heteroatoms. The molecule has 0 aliphatic rings. The van der Waals surface area contributed by atoms with Crippen LogP contribution in [-0.4, -0.2) is 34.4 Å². The molecular formula is C14H15ClN4O3-2. The van der Waals surface area contributed by atoms with Crippen LogP contribution >= 0.6 is 11.6 Å². The summed E-state index contributed by atoms with van der Waals surface area (Å²) in [4.78, 5) is 18.9. The van der Waals surface area contributed by atoms with Gasteiger partial charge in [-0.25, -0.2) is 4.98 Å². The van der Waals surface area contributed by atoms with Gasteiger partial charge in [-0.1, -0.05) is 17.7 Å². The normalized spacial score (nSPS) is 11.7. The van der Waals surface area contributed by atoms with Gasteiger partial charge in [0.1, 0.15) is 0 Å². The van der Waals surface area contributed by atoms with E-state index in [1.807, 2.05) is 6.92 Å². The van der Waals surface area contributed by atoms with Gasteiger partial charge >= 0.3 is 0 Å². The number of likely N-dealkylation sites (N-methyl/N-ethyl adjacent to an activating group) is 1. The minimum absolute atomic E-state index is 0.152. The Kier molecular flexibility index (Phi) is 4.82. The average molecular weight is 323 g/mol. The van der Waals surface area contributed by atoms with Crippen LogP contribution in [0.15, 0.2) is 30.7 Å². The van der Waals surface area contributed by atoms with E-state index in [0.29, 0.717) is 10.7 Å². The fourth-order valence-corrected chi connectivity index (χ4v) is 2.01. The van der Waals surface area contributed by atoms with E-state index in [2.05, 4.69) is 15.3 Å². The van der Waals surface area contributed by atoms with Crippen molar-refractivity contribution in [2.45, 2.75) is 12.8 Å². The van der Waals surface area contributed by atoms with Crippen molar-refractivity contribution in [3.8, 4) is 0 Å². The van der Waals surface area contributed by atoms with Gasteiger partial charge < -0.3 is 25.4 Å². The Hall–Kier alpha value is -1.93. The Labute approximate surface area is 132 Å². The summed E-state index contributed by atoms with van der Waals surface area (Å²) in [5, 5.41) is 27.2. The second-order valence-electron chi connectivity index (χ2n) is 4.92. The lowest BCUT2D eigenvalue weighted by molar-refractivity contribution is -0.769. The van der Waals surface area contributed by atoms with Gasteiger partial charge in [-0.05, 0) is 31.7 Å². The van der Waals surface area contributed by atoms with Crippen LogP contribution in [0.4, 0.5) is 5.69 Å². The minimum Gasteiger partial charge on any atom is -0.847 e. The molecule has 2 aromatic rings. The van der Waals surface area contributed by atoms with Crippen molar-refractivity contribution in [3.63, 3.8) is 0 Å². The molecule has 118 valence electrons. The molecule has 0 aliphatic carbocycles. The fraction of sp³-hybridized carbons (Fsp3) is 0.286. The number of aromatic nitrogens is 2. The van der Waals surface area contributed by atoms with Crippen LogP contribution in [0.25, 0.3) is 0 Å². The molecule has 0 saturated heterocycles. The van der Waals surface area contributed by atoms with Crippen LogP contribution < -0.4 is 15.5 Å². The molecule has 0 unspecified atom stereocenters. The molecule has 7 nitrogen and oxygen atoms in total. The topological polar surface area (TPSA) is 107 Å². The molecule has 1 aromatic heterocycles. The van der Waals surface area contributed by atoms with Crippen LogP contribution in [-0.2, 0) is 10.7 Å². The van der Waals surface area contributed by atoms with Crippen LogP contribution in [0.2, 0.25) is 5.02 Å². The summed E-state index contributed by atoms with van der Waals surface area (Å²) in [7, 11) is 1.28. The van der Waals surface area contributed by atoms with Crippen molar-refractivity contribution in [3.05, 3.63) is 47.0 Å². The number of nitrogens with one attached hydrogen (secondary N) is 2. The number of nitrogens with zero attached hydrogens (tertiary/aromatic N) is 2. The second kappa shape index (κ2) is 6.45. The number of halogens is 1. The minimum atomic E-state index is -2.82. The number of carbonyl (C=O) groups is 1. The van der Waals surface area contributed by atoms with Gasteiger partial charge in [0.15, 0.2) is 0 Å². The Bertz CT molecular complexity index is 658. The summed E-state index contributed by atoms with van der Waals surface area (Å²) in [5.74, 6) is -3.31. The molecule has 1 amide bonds. The number of aromatic amines is 1. The molecule has 1 aromatic carbocycles. The predicted molar refractivity (Wildman–Crippen MR) is 77.7 cm³/mol. The van der Waals surface area contributed by atoms with Gasteiger partial charge in [-0.2, -0.15) is 0 Å². The highest BCUT2D eigenvalue weighted by Gasteiger charge is 2.16. The van der Waals surface area contributed by atoms with Gasteiger partial charge in [0.05, 0.1) is 12.9 Å². The van der Waals surface area contributed by atoms with Crippen molar-refractivity contribution in [2.24, 2.45) is 0 Å². The largest absolute Gasteiger partial charge is 0.847 e. The van der Waals surface area contributed by atoms with E-state index >= 15 is 0 Å². The zero-order chi connectivity index (χ0) is 16.3. The molecule has 0 bridgehead atoms. The SMILES string of the molecule is Cc1ccc(NC(=O)CN(C)C([O-])([O-])c2cnc[nH]2)cc1Cl. The highest BCUT2D eigenvalue weighted by molar-refractivity contribution is 6.31. The van der Waals surface area contributed by atoms with Gasteiger partial charge in [0, 0.05) is 22.6 Å². The first-order valence-corrected chi connectivity index (χ1v) is 6.85. The van der Waals surface area contributed by atoms with Gasteiger partial charge in [0.2, 0.25) is 5.91 Å². The molecule has 2 N–H and O–H groups in total. The van der Waals surface area contributed by atoms with E-state index in [-0.39, 0.29) is 12.2 Å². The predicted octanol–water partition coefficient (Wildman–Crippen LogP) is -0.227. The molecule has 0 saturated carbocycles. The summed E-state index contributed by atoms with van der Waals surface area (Å²) in [6.45, 7) is 1.48. The summed E-state index contributed by atoms with van der Waals surface area (Å²) >= 11 is 5.97. The zero-order valence-electron chi connectivity index (χ0n) is 12.1. The third kappa shape index (κ3) is 3.63. The Balaban J connectivity index is 2.00. The lowest BCUT2D eigenvalue weighted by Crippen LogP contribution is -2.65. The molecule has 0 atom stereocenters. The number of H-pyrrole nitrogens is 1. The maximum absolute atomic E-state index is 12.1. The molecule has 0 spiro atoms. The molecule has 0 aliphatic heterocycles. The monoisotopic (exact) mass is 322 g/mol. The molecule has 2 rings (SSSR count). The van der Waals surface area contributed by atoms with Crippen LogP contribution in [0.1, 0.15) is 11.3 Å². The summed E-state index contributed by atoms with van der Waals surface area (Å²) < 4.78 is 0. The van der Waals surface area contributed by atoms with Crippen molar-refractivity contribution < 1.29 is 15.0 Å². The molecule has 1 heterocycles. The zero-order valence-corrected chi connectivity index (χ0v) is 12.8. The van der Waals surface area contributed by atoms with Gasteiger partial charge in [0.25, 0.3) is 0 Å². The number of rotatable bonds is 5. The van der Waals surface area contributed by atoms with Crippen LogP contribution in [0.3, 0.4) is 0 Å². The van der Waals surface area contributed by atoms with E-state index in [1.54, 1.807) is 18.2 Å². The lowest BCUT2D eigenvalue weighted by Gasteiger charge is -2.54. The van der Waals surface area contributed by atoms with E-state index in [1.165, 1.54) is 13.4 Å². The summed E-state index contributed by atoms with van der Waals surface area (Å²) in [6.07, 6.45) is 2.39. The van der Waals surface area contributed by atoms with Crippen molar-refractivity contribution >= 4 is 23.2 Å². The van der Waals surface area contributed by atoms with Crippen molar-refractivity contribution in [1.82, 2.24) is 14.9 Å². The Morgan fingerprint density at radius 3 is 2.82 bits per heavy atom. The number of anilines is 1. The van der Waals surface area contributed by atoms with Crippen LogP contribution in [0.5, 0.6) is 0 Å². The number of carbonyl (C=O) groups excluding carboxylic acids is 1. The maximum atomic E-state index is 12.1. The van der Waals surface area contributed by atoms with E-state index in [0.717, 1.165) is 16.7 Å². The quantitative estimate of drug-likeness (QED) is 0.740. The smallest absolute Gasteiger partial charge is 0.238 e. The van der Waals surface area contributed by atoms with Crippen LogP contribution in [0, 0.1) is 6.92 Å². The number of benzene rings is 1. The van der Waals surface area contributed by atoms with E-state index in [4.69, 9.17) is 11.6 Å². The fourth-order valence-electron chi connectivity index (χ4n) is 1.82. The van der Waals surface area contributed by atoms with Crippen molar-refractivity contribution in [2.75, 3.05) is 18.9 Å². The van der Waals surface area contributed by atoms with Gasteiger partial charge in [-0.3, -0.25) is 4.79 Å². The maximum Gasteiger partial charge on any atom is 0.238 e. The third-order valence-corrected chi connectivity index (χ3v) is 3.58. The first kappa shape index (κ1) is 16.4. The average Bonchev–Trinajstić information content (AvgIpc) is 2.97. The first-order valence-electron chi connectivity index (χ1n) is 6.47. The number of aryl methyl sites for hydroxylation is 1. The second-order valence-corrected chi connectivity index (χ2v) is 5.32. The molecule has 0 radical (unpaired) electrons. The number of imidazole rings is 1. The van der Waals surface area contributed by atoms with Gasteiger partial charge in [-0.15, -0.1) is 5.91 Å². The number of hydrogen-bond acceptors (Lipinski definition) is 5. The molecular weight excluding hydrogens is 308 g/mol. The number of hydrogen-bond donors (Lipinski definition) is 2. The van der Waals surface area contributed by atoms with E-state index < -0.39 is 11.8 Å². The molecule has 22 heavy (non-hydrogen) atoms. The lowest BCUT2D eigenvalue weighted by atomic mass is 10.2. The number of amides is 1. The molecule has 0 fully saturated rings. The van der Waals surface area contributed by atoms with Crippen molar-refractivity contribution in [1.29, 1.82) is 0 Å².